The molecule has 1 saturated heterocycles. The molecule has 12 nitrogen and oxygen atoms in total. The molecule has 158 valence electrons. The fourth-order valence-corrected chi connectivity index (χ4v) is 2.77. The van der Waals surface area contributed by atoms with Gasteiger partial charge >= 0.3 is 13.1 Å². The van der Waals surface area contributed by atoms with Crippen LogP contribution in [-0.2, 0) is 16.0 Å². The Morgan fingerprint density at radius 3 is 2.52 bits per heavy atom. The van der Waals surface area contributed by atoms with Crippen LogP contribution in [0.2, 0.25) is 6.32 Å². The summed E-state index contributed by atoms with van der Waals surface area (Å²) in [5.41, 5.74) is 10.5. The molecule has 1 heterocycles. The number of phenols is 1. The summed E-state index contributed by atoms with van der Waals surface area (Å²) in [5, 5.41) is 39.7. The number of carboxylic acid groups (broad SMARTS) is 1. The normalized spacial score (nSPS) is 14.7. The predicted molar refractivity (Wildman–Crippen MR) is 99.9 cm³/mol. The first kappa shape index (κ1) is 22.4. The highest BCUT2D eigenvalue weighted by molar-refractivity contribution is 6.41. The van der Waals surface area contributed by atoms with Crippen LogP contribution < -0.4 is 21.5 Å². The number of aromatic carboxylic acids is 1. The van der Waals surface area contributed by atoms with Gasteiger partial charge in [0.2, 0.25) is 5.91 Å². The zero-order chi connectivity index (χ0) is 21.7. The molecule has 29 heavy (non-hydrogen) atoms. The van der Waals surface area contributed by atoms with Crippen LogP contribution in [-0.4, -0.2) is 82.0 Å². The SMILES string of the molecule is NCC(=O)N[C@H](N)C(=O)N1CC(Oc2ccc(CCB(O)O)c(O)c2C(=O)O)C1. The molecule has 1 aromatic rings. The second-order valence-electron chi connectivity index (χ2n) is 6.50. The Kier molecular flexibility index (Phi) is 7.39. The van der Waals surface area contributed by atoms with Crippen molar-refractivity contribution in [2.24, 2.45) is 11.5 Å². The summed E-state index contributed by atoms with van der Waals surface area (Å²) in [6.45, 7) is -0.0754. The van der Waals surface area contributed by atoms with Crippen molar-refractivity contribution in [1.82, 2.24) is 10.2 Å². The minimum Gasteiger partial charge on any atom is -0.507 e. The molecule has 2 amide bonds. The maximum atomic E-state index is 12.1. The second-order valence-corrected chi connectivity index (χ2v) is 6.50. The molecular formula is C16H23BN4O8. The second kappa shape index (κ2) is 9.56. The average Bonchev–Trinajstić information content (AvgIpc) is 2.62. The maximum absolute atomic E-state index is 12.1. The van der Waals surface area contributed by atoms with E-state index >= 15 is 0 Å². The van der Waals surface area contributed by atoms with Crippen LogP contribution in [0.4, 0.5) is 0 Å². The molecule has 0 unspecified atom stereocenters. The van der Waals surface area contributed by atoms with Crippen molar-refractivity contribution in [3.63, 3.8) is 0 Å². The summed E-state index contributed by atoms with van der Waals surface area (Å²) in [6.07, 6.45) is -1.79. The Morgan fingerprint density at radius 1 is 1.31 bits per heavy atom. The largest absolute Gasteiger partial charge is 0.507 e. The van der Waals surface area contributed by atoms with Crippen LogP contribution in [0.3, 0.4) is 0 Å². The Balaban J connectivity index is 2.01. The summed E-state index contributed by atoms with van der Waals surface area (Å²) < 4.78 is 5.58. The molecule has 0 spiro atoms. The number of nitrogens with zero attached hydrogens (tertiary/aromatic N) is 1. The monoisotopic (exact) mass is 410 g/mol. The highest BCUT2D eigenvalue weighted by Gasteiger charge is 2.36. The number of carbonyl (C=O) groups excluding carboxylic acids is 2. The Bertz CT molecular complexity index is 784. The van der Waals surface area contributed by atoms with E-state index in [1.165, 1.54) is 17.0 Å². The van der Waals surface area contributed by atoms with E-state index < -0.39 is 48.5 Å². The van der Waals surface area contributed by atoms with Gasteiger partial charge in [0.05, 0.1) is 19.6 Å². The standard InChI is InChI=1S/C16H23BN4O8/c18-5-11(22)20-14(19)15(24)21-6-9(7-21)29-10-2-1-8(3-4-17(27)28)13(23)12(10)16(25)26/h1-2,9,14,23,27-28H,3-7,18-19H2,(H,20,22)(H,25,26)/t14-/m0/s1. The van der Waals surface area contributed by atoms with Crippen molar-refractivity contribution in [3.8, 4) is 11.5 Å². The Morgan fingerprint density at radius 2 is 1.97 bits per heavy atom. The van der Waals surface area contributed by atoms with Gasteiger partial charge in [0.15, 0.2) is 6.17 Å². The van der Waals surface area contributed by atoms with Gasteiger partial charge in [-0.05, 0) is 24.4 Å². The summed E-state index contributed by atoms with van der Waals surface area (Å²) in [4.78, 5) is 36.1. The zero-order valence-corrected chi connectivity index (χ0v) is 15.4. The van der Waals surface area contributed by atoms with Crippen molar-refractivity contribution < 1.29 is 39.4 Å². The summed E-state index contributed by atoms with van der Waals surface area (Å²) in [5.74, 6) is -3.13. The molecule has 1 atom stereocenters. The number of amides is 2. The molecule has 1 aliphatic heterocycles. The minimum atomic E-state index is -1.59. The van der Waals surface area contributed by atoms with Crippen LogP contribution in [0.25, 0.3) is 0 Å². The number of benzene rings is 1. The van der Waals surface area contributed by atoms with Crippen molar-refractivity contribution >= 4 is 24.9 Å². The van der Waals surface area contributed by atoms with Crippen LogP contribution in [0, 0.1) is 0 Å². The number of aromatic hydroxyl groups is 1. The molecule has 1 aromatic carbocycles. The predicted octanol–water partition coefficient (Wildman–Crippen LogP) is -2.94. The number of likely N-dealkylation sites (tertiary alicyclic amines) is 1. The number of hydrogen-bond acceptors (Lipinski definition) is 9. The van der Waals surface area contributed by atoms with Crippen molar-refractivity contribution in [3.05, 3.63) is 23.3 Å². The van der Waals surface area contributed by atoms with Crippen LogP contribution in [0.5, 0.6) is 11.5 Å². The number of ether oxygens (including phenoxy) is 1. The lowest BCUT2D eigenvalue weighted by molar-refractivity contribution is -0.143. The molecule has 0 saturated carbocycles. The molecule has 13 heteroatoms. The fourth-order valence-electron chi connectivity index (χ4n) is 2.77. The number of hydrogen-bond donors (Lipinski definition) is 7. The smallest absolute Gasteiger partial charge is 0.451 e. The van der Waals surface area contributed by atoms with E-state index in [1.54, 1.807) is 0 Å². The van der Waals surface area contributed by atoms with Gasteiger partial charge in [0, 0.05) is 0 Å². The number of aryl methyl sites for hydroxylation is 1. The van der Waals surface area contributed by atoms with Gasteiger partial charge in [-0.15, -0.1) is 0 Å². The van der Waals surface area contributed by atoms with E-state index in [9.17, 15) is 24.6 Å². The first-order valence-electron chi connectivity index (χ1n) is 8.78. The zero-order valence-electron chi connectivity index (χ0n) is 15.4. The number of nitrogens with two attached hydrogens (primary N) is 2. The molecule has 1 fully saturated rings. The lowest BCUT2D eigenvalue weighted by Gasteiger charge is -2.40. The van der Waals surface area contributed by atoms with Gasteiger partial charge in [-0.25, -0.2) is 4.79 Å². The van der Waals surface area contributed by atoms with Gasteiger partial charge < -0.3 is 46.7 Å². The minimum absolute atomic E-state index is 0.0577. The Labute approximate surface area is 166 Å². The highest BCUT2D eigenvalue weighted by atomic mass is 16.5. The summed E-state index contributed by atoms with van der Waals surface area (Å²) in [7, 11) is -1.59. The molecule has 1 aliphatic rings. The number of nitrogens with one attached hydrogen (secondary N) is 1. The maximum Gasteiger partial charge on any atom is 0.451 e. The van der Waals surface area contributed by atoms with E-state index in [0.717, 1.165) is 0 Å². The van der Waals surface area contributed by atoms with Gasteiger partial charge in [-0.3, -0.25) is 9.59 Å². The van der Waals surface area contributed by atoms with Crippen LogP contribution >= 0.6 is 0 Å². The molecule has 9 N–H and O–H groups in total. The van der Waals surface area contributed by atoms with Crippen molar-refractivity contribution in [1.29, 1.82) is 0 Å². The fraction of sp³-hybridized carbons (Fsp3) is 0.438. The molecule has 0 radical (unpaired) electrons. The first-order chi connectivity index (χ1) is 13.6. The lowest BCUT2D eigenvalue weighted by Crippen LogP contribution is -2.63. The van der Waals surface area contributed by atoms with Crippen LogP contribution in [0.15, 0.2) is 12.1 Å². The van der Waals surface area contributed by atoms with E-state index in [1.807, 2.05) is 0 Å². The van der Waals surface area contributed by atoms with Gasteiger partial charge in [0.1, 0.15) is 23.2 Å². The van der Waals surface area contributed by atoms with Crippen molar-refractivity contribution in [2.45, 2.75) is 25.0 Å². The number of carbonyl (C=O) groups is 3. The van der Waals surface area contributed by atoms with E-state index in [0.29, 0.717) is 0 Å². The topological polar surface area (TPSA) is 209 Å². The van der Waals surface area contributed by atoms with Crippen molar-refractivity contribution in [2.75, 3.05) is 19.6 Å². The van der Waals surface area contributed by atoms with Crippen LogP contribution in [0.1, 0.15) is 15.9 Å². The van der Waals surface area contributed by atoms with E-state index in [4.69, 9.17) is 26.3 Å². The molecule has 2 rings (SSSR count). The average molecular weight is 410 g/mol. The van der Waals surface area contributed by atoms with Gasteiger partial charge in [-0.1, -0.05) is 6.07 Å². The Hall–Kier alpha value is -2.87. The van der Waals surface area contributed by atoms with E-state index in [2.05, 4.69) is 5.32 Å². The van der Waals surface area contributed by atoms with Gasteiger partial charge in [-0.2, -0.15) is 0 Å². The third kappa shape index (κ3) is 5.57. The third-order valence-corrected chi connectivity index (χ3v) is 4.33. The first-order valence-corrected chi connectivity index (χ1v) is 8.78. The molecular weight excluding hydrogens is 387 g/mol. The molecule has 0 aromatic heterocycles. The molecule has 0 bridgehead atoms. The highest BCUT2D eigenvalue weighted by Crippen LogP contribution is 2.33. The lowest BCUT2D eigenvalue weighted by atomic mass is 9.82. The van der Waals surface area contributed by atoms with Gasteiger partial charge in [0.25, 0.3) is 5.91 Å². The summed E-state index contributed by atoms with van der Waals surface area (Å²) >= 11 is 0. The quantitative estimate of drug-likeness (QED) is 0.163. The van der Waals surface area contributed by atoms with E-state index in [-0.39, 0.29) is 43.7 Å². The number of rotatable bonds is 9. The molecule has 0 aliphatic carbocycles. The third-order valence-electron chi connectivity index (χ3n) is 4.33. The summed E-state index contributed by atoms with van der Waals surface area (Å²) in [6, 6.07) is 2.79. The number of carboxylic acids is 1.